The molecule has 0 saturated carbocycles. The van der Waals surface area contributed by atoms with Crippen molar-refractivity contribution >= 4 is 11.9 Å². The van der Waals surface area contributed by atoms with E-state index in [0.717, 1.165) is 0 Å². The van der Waals surface area contributed by atoms with Gasteiger partial charge in [0, 0.05) is 0 Å². The fraction of sp³-hybridized carbons (Fsp3) is 0.636. The molecule has 0 aromatic rings. The number of hydrogen-bond acceptors (Lipinski definition) is 3. The van der Waals surface area contributed by atoms with Crippen LogP contribution in [0.3, 0.4) is 0 Å². The van der Waals surface area contributed by atoms with Crippen LogP contribution < -0.4 is 0 Å². The van der Waals surface area contributed by atoms with E-state index in [1.165, 1.54) is 7.11 Å². The van der Waals surface area contributed by atoms with Gasteiger partial charge in [0.15, 0.2) is 0 Å². The SMILES string of the molecule is COC(=O)C1C(C)C=CC(C)C1C(=O)O. The van der Waals surface area contributed by atoms with E-state index in [1.807, 2.05) is 19.1 Å². The molecule has 4 unspecified atom stereocenters. The summed E-state index contributed by atoms with van der Waals surface area (Å²) in [6.07, 6.45) is 3.73. The molecule has 0 amide bonds. The van der Waals surface area contributed by atoms with Gasteiger partial charge in [-0.05, 0) is 11.8 Å². The molecule has 84 valence electrons. The van der Waals surface area contributed by atoms with E-state index in [-0.39, 0.29) is 11.8 Å². The maximum Gasteiger partial charge on any atom is 0.310 e. The van der Waals surface area contributed by atoms with Crippen molar-refractivity contribution < 1.29 is 19.4 Å². The van der Waals surface area contributed by atoms with Crippen molar-refractivity contribution in [2.75, 3.05) is 7.11 Å². The average molecular weight is 212 g/mol. The number of carboxylic acids is 1. The van der Waals surface area contributed by atoms with Crippen LogP contribution in [0.2, 0.25) is 0 Å². The first-order chi connectivity index (χ1) is 6.99. The van der Waals surface area contributed by atoms with E-state index in [9.17, 15) is 9.59 Å². The van der Waals surface area contributed by atoms with E-state index in [4.69, 9.17) is 5.11 Å². The zero-order valence-electron chi connectivity index (χ0n) is 9.14. The van der Waals surface area contributed by atoms with Gasteiger partial charge in [-0.1, -0.05) is 26.0 Å². The largest absolute Gasteiger partial charge is 0.481 e. The molecule has 1 N–H and O–H groups in total. The number of esters is 1. The molecule has 1 rings (SSSR count). The van der Waals surface area contributed by atoms with Gasteiger partial charge in [0.1, 0.15) is 0 Å². The van der Waals surface area contributed by atoms with Gasteiger partial charge < -0.3 is 9.84 Å². The smallest absolute Gasteiger partial charge is 0.310 e. The first kappa shape index (κ1) is 11.8. The summed E-state index contributed by atoms with van der Waals surface area (Å²) >= 11 is 0. The second-order valence-electron chi connectivity index (χ2n) is 4.02. The highest BCUT2D eigenvalue weighted by molar-refractivity contribution is 5.82. The molecule has 0 aromatic carbocycles. The van der Waals surface area contributed by atoms with E-state index in [1.54, 1.807) is 6.92 Å². The van der Waals surface area contributed by atoms with Crippen LogP contribution in [-0.4, -0.2) is 24.2 Å². The number of ether oxygens (including phenoxy) is 1. The number of aliphatic carboxylic acids is 1. The molecule has 4 heteroatoms. The molecule has 4 nitrogen and oxygen atoms in total. The van der Waals surface area contributed by atoms with Crippen LogP contribution >= 0.6 is 0 Å². The van der Waals surface area contributed by atoms with E-state index < -0.39 is 23.8 Å². The molecule has 0 fully saturated rings. The Kier molecular flexibility index (Phi) is 3.50. The highest BCUT2D eigenvalue weighted by Gasteiger charge is 2.42. The van der Waals surface area contributed by atoms with E-state index in [0.29, 0.717) is 0 Å². The fourth-order valence-electron chi connectivity index (χ4n) is 2.12. The third-order valence-corrected chi connectivity index (χ3v) is 3.00. The van der Waals surface area contributed by atoms with Gasteiger partial charge in [-0.25, -0.2) is 0 Å². The second kappa shape index (κ2) is 4.47. The first-order valence-electron chi connectivity index (χ1n) is 4.98. The molecule has 15 heavy (non-hydrogen) atoms. The van der Waals surface area contributed by atoms with Crippen molar-refractivity contribution in [1.82, 2.24) is 0 Å². The molecular formula is C11H16O4. The van der Waals surface area contributed by atoms with Gasteiger partial charge in [-0.2, -0.15) is 0 Å². The van der Waals surface area contributed by atoms with Crippen molar-refractivity contribution in [2.45, 2.75) is 13.8 Å². The normalized spacial score (nSPS) is 34.9. The molecule has 0 radical (unpaired) electrons. The Morgan fingerprint density at radius 1 is 1.13 bits per heavy atom. The summed E-state index contributed by atoms with van der Waals surface area (Å²) in [5, 5.41) is 9.10. The third-order valence-electron chi connectivity index (χ3n) is 3.00. The standard InChI is InChI=1S/C11H16O4/c1-6-4-5-7(2)9(11(14)15-3)8(6)10(12)13/h4-9H,1-3H3,(H,12,13). The monoisotopic (exact) mass is 212 g/mol. The lowest BCUT2D eigenvalue weighted by Gasteiger charge is -2.32. The van der Waals surface area contributed by atoms with E-state index in [2.05, 4.69) is 4.74 Å². The Morgan fingerprint density at radius 3 is 2.00 bits per heavy atom. The summed E-state index contributed by atoms with van der Waals surface area (Å²) in [6.45, 7) is 3.64. The van der Waals surface area contributed by atoms with Crippen molar-refractivity contribution in [3.63, 3.8) is 0 Å². The summed E-state index contributed by atoms with van der Waals surface area (Å²) in [7, 11) is 1.29. The number of carbonyl (C=O) groups excluding carboxylic acids is 1. The zero-order chi connectivity index (χ0) is 11.6. The molecule has 1 aliphatic rings. The predicted octanol–water partition coefficient (Wildman–Crippen LogP) is 1.32. The summed E-state index contributed by atoms with van der Waals surface area (Å²) in [6, 6.07) is 0. The average Bonchev–Trinajstić information content (AvgIpc) is 2.19. The van der Waals surface area contributed by atoms with Gasteiger partial charge >= 0.3 is 11.9 Å². The first-order valence-corrected chi connectivity index (χ1v) is 4.98. The van der Waals surface area contributed by atoms with Crippen LogP contribution in [0, 0.1) is 23.7 Å². The van der Waals surface area contributed by atoms with Crippen molar-refractivity contribution in [1.29, 1.82) is 0 Å². The molecule has 0 spiro atoms. The van der Waals surface area contributed by atoms with Crippen LogP contribution in [0.25, 0.3) is 0 Å². The summed E-state index contributed by atoms with van der Waals surface area (Å²) in [5.74, 6) is -2.86. The Morgan fingerprint density at radius 2 is 1.60 bits per heavy atom. The Hall–Kier alpha value is -1.32. The van der Waals surface area contributed by atoms with Crippen molar-refractivity contribution in [3.8, 4) is 0 Å². The number of allylic oxidation sites excluding steroid dienone is 2. The number of rotatable bonds is 2. The molecule has 0 aromatic heterocycles. The van der Waals surface area contributed by atoms with Crippen LogP contribution in [0.15, 0.2) is 12.2 Å². The minimum atomic E-state index is -0.936. The molecule has 1 aliphatic carbocycles. The zero-order valence-corrected chi connectivity index (χ0v) is 9.14. The van der Waals surface area contributed by atoms with Crippen molar-refractivity contribution in [2.24, 2.45) is 23.7 Å². The lowest BCUT2D eigenvalue weighted by Crippen LogP contribution is -2.40. The van der Waals surface area contributed by atoms with Gasteiger partial charge in [-0.15, -0.1) is 0 Å². The van der Waals surface area contributed by atoms with Gasteiger partial charge in [0.2, 0.25) is 0 Å². The Labute approximate surface area is 88.9 Å². The number of methoxy groups -OCH3 is 1. The van der Waals surface area contributed by atoms with Gasteiger partial charge in [0.05, 0.1) is 18.9 Å². The highest BCUT2D eigenvalue weighted by Crippen LogP contribution is 2.35. The quantitative estimate of drug-likeness (QED) is 0.554. The minimum Gasteiger partial charge on any atom is -0.481 e. The molecule has 0 aliphatic heterocycles. The molecule has 4 atom stereocenters. The van der Waals surface area contributed by atoms with Crippen LogP contribution in [0.4, 0.5) is 0 Å². The molecular weight excluding hydrogens is 196 g/mol. The summed E-state index contributed by atoms with van der Waals surface area (Å²) in [4.78, 5) is 22.6. The molecule has 0 saturated heterocycles. The summed E-state index contributed by atoms with van der Waals surface area (Å²) in [5.41, 5.74) is 0. The lowest BCUT2D eigenvalue weighted by molar-refractivity contribution is -0.159. The minimum absolute atomic E-state index is 0.0882. The van der Waals surface area contributed by atoms with Gasteiger partial charge in [-0.3, -0.25) is 9.59 Å². The maximum atomic E-state index is 11.5. The lowest BCUT2D eigenvalue weighted by atomic mass is 9.71. The molecule has 0 bridgehead atoms. The van der Waals surface area contributed by atoms with Crippen LogP contribution in [0.1, 0.15) is 13.8 Å². The van der Waals surface area contributed by atoms with Crippen LogP contribution in [0.5, 0.6) is 0 Å². The Balaban J connectivity index is 3.01. The third kappa shape index (κ3) is 2.19. The van der Waals surface area contributed by atoms with E-state index >= 15 is 0 Å². The second-order valence-corrected chi connectivity index (χ2v) is 4.02. The highest BCUT2D eigenvalue weighted by atomic mass is 16.5. The maximum absolute atomic E-state index is 11.5. The number of carbonyl (C=O) groups is 2. The predicted molar refractivity (Wildman–Crippen MR) is 54.1 cm³/mol. The number of carboxylic acid groups (broad SMARTS) is 1. The van der Waals surface area contributed by atoms with Gasteiger partial charge in [0.25, 0.3) is 0 Å². The van der Waals surface area contributed by atoms with Crippen molar-refractivity contribution in [3.05, 3.63) is 12.2 Å². The Bertz CT molecular complexity index is 295. The molecule has 0 heterocycles. The summed E-state index contributed by atoms with van der Waals surface area (Å²) < 4.78 is 4.65. The number of hydrogen-bond donors (Lipinski definition) is 1. The topological polar surface area (TPSA) is 63.6 Å². The van der Waals surface area contributed by atoms with Crippen LogP contribution in [-0.2, 0) is 14.3 Å². The fourth-order valence-corrected chi connectivity index (χ4v) is 2.12.